The van der Waals surface area contributed by atoms with E-state index in [1.165, 1.54) is 10.5 Å². The molecule has 0 radical (unpaired) electrons. The summed E-state index contributed by atoms with van der Waals surface area (Å²) in [5.41, 5.74) is 1.24. The fourth-order valence-corrected chi connectivity index (χ4v) is 4.11. The van der Waals surface area contributed by atoms with Crippen LogP contribution in [0.4, 0.5) is 13.2 Å². The largest absolute Gasteiger partial charge is 0.401 e. The molecule has 3 rings (SSSR count). The number of rotatable bonds is 5. The van der Waals surface area contributed by atoms with E-state index in [4.69, 9.17) is 4.74 Å². The molecule has 1 unspecified atom stereocenters. The highest BCUT2D eigenvalue weighted by molar-refractivity contribution is 14.0. The van der Waals surface area contributed by atoms with E-state index in [-0.39, 0.29) is 35.4 Å². The number of ether oxygens (including phenoxy) is 1. The van der Waals surface area contributed by atoms with Crippen LogP contribution in [0.25, 0.3) is 0 Å². The topological polar surface area (TPSA) is 48.9 Å². The Morgan fingerprint density at radius 3 is 2.55 bits per heavy atom. The van der Waals surface area contributed by atoms with Gasteiger partial charge in [0.15, 0.2) is 5.96 Å². The van der Waals surface area contributed by atoms with Gasteiger partial charge in [0.1, 0.15) is 0 Å². The van der Waals surface area contributed by atoms with E-state index >= 15 is 0 Å². The molecular weight excluding hydrogens is 496 g/mol. The van der Waals surface area contributed by atoms with Gasteiger partial charge in [-0.1, -0.05) is 30.3 Å². The molecule has 1 atom stereocenters. The first-order chi connectivity index (χ1) is 13.4. The summed E-state index contributed by atoms with van der Waals surface area (Å²) in [5, 5.41) is 6.70. The monoisotopic (exact) mass is 526 g/mol. The predicted molar refractivity (Wildman–Crippen MR) is 119 cm³/mol. The number of alkyl halides is 3. The van der Waals surface area contributed by atoms with Gasteiger partial charge in [-0.05, 0) is 24.8 Å². The van der Waals surface area contributed by atoms with E-state index in [0.29, 0.717) is 32.0 Å². The van der Waals surface area contributed by atoms with Gasteiger partial charge in [-0.2, -0.15) is 13.2 Å². The van der Waals surface area contributed by atoms with E-state index in [0.717, 1.165) is 26.1 Å². The molecule has 0 aromatic heterocycles. The van der Waals surface area contributed by atoms with Crippen LogP contribution in [-0.4, -0.2) is 69.5 Å². The summed E-state index contributed by atoms with van der Waals surface area (Å²) in [6.45, 7) is 2.11. The van der Waals surface area contributed by atoms with Gasteiger partial charge in [-0.3, -0.25) is 9.89 Å². The molecule has 2 aliphatic heterocycles. The number of hydrogen-bond donors (Lipinski definition) is 2. The highest BCUT2D eigenvalue weighted by Crippen LogP contribution is 2.34. The average Bonchev–Trinajstić information content (AvgIpc) is 3.11. The Balaban J connectivity index is 0.00000300. The molecule has 2 aliphatic rings. The molecular formula is C20H30F3IN4O. The first-order valence-electron chi connectivity index (χ1n) is 9.80. The van der Waals surface area contributed by atoms with E-state index < -0.39 is 12.7 Å². The van der Waals surface area contributed by atoms with Crippen molar-refractivity contribution < 1.29 is 17.9 Å². The number of likely N-dealkylation sites (tertiary alicyclic amines) is 1. The third-order valence-corrected chi connectivity index (χ3v) is 5.67. The lowest BCUT2D eigenvalue weighted by atomic mass is 9.74. The van der Waals surface area contributed by atoms with Crippen molar-refractivity contribution in [2.45, 2.75) is 36.9 Å². The Morgan fingerprint density at radius 1 is 1.24 bits per heavy atom. The van der Waals surface area contributed by atoms with Crippen LogP contribution in [0.2, 0.25) is 0 Å². The van der Waals surface area contributed by atoms with Crippen molar-refractivity contribution in [2.75, 3.05) is 46.4 Å². The van der Waals surface area contributed by atoms with Gasteiger partial charge in [0.25, 0.3) is 0 Å². The Labute approximate surface area is 187 Å². The lowest BCUT2D eigenvalue weighted by molar-refractivity contribution is -0.143. The smallest absolute Gasteiger partial charge is 0.381 e. The molecule has 29 heavy (non-hydrogen) atoms. The molecule has 0 bridgehead atoms. The minimum absolute atomic E-state index is 0. The second-order valence-electron chi connectivity index (χ2n) is 7.66. The third-order valence-electron chi connectivity index (χ3n) is 5.67. The Bertz CT molecular complexity index is 651. The van der Waals surface area contributed by atoms with Crippen LogP contribution in [0.1, 0.15) is 24.8 Å². The maximum Gasteiger partial charge on any atom is 0.401 e. The number of benzene rings is 1. The van der Waals surface area contributed by atoms with Crippen LogP contribution in [-0.2, 0) is 10.2 Å². The highest BCUT2D eigenvalue weighted by Gasteiger charge is 2.36. The van der Waals surface area contributed by atoms with Gasteiger partial charge in [-0.15, -0.1) is 24.0 Å². The summed E-state index contributed by atoms with van der Waals surface area (Å²) in [7, 11) is 1.69. The fraction of sp³-hybridized carbons (Fsp3) is 0.650. The molecule has 0 amide bonds. The molecule has 2 heterocycles. The quantitative estimate of drug-likeness (QED) is 0.352. The number of aliphatic imine (C=N–C) groups is 1. The molecule has 164 valence electrons. The molecule has 5 nitrogen and oxygen atoms in total. The predicted octanol–water partition coefficient (Wildman–Crippen LogP) is 3.15. The second kappa shape index (κ2) is 10.8. The second-order valence-corrected chi connectivity index (χ2v) is 7.66. The summed E-state index contributed by atoms with van der Waals surface area (Å²) in [5.74, 6) is 0.639. The van der Waals surface area contributed by atoms with Crippen molar-refractivity contribution in [3.05, 3.63) is 35.9 Å². The highest BCUT2D eigenvalue weighted by atomic mass is 127. The Kier molecular flexibility index (Phi) is 9.02. The molecule has 2 N–H and O–H groups in total. The number of nitrogens with zero attached hydrogens (tertiary/aromatic N) is 2. The van der Waals surface area contributed by atoms with Crippen molar-refractivity contribution in [3.63, 3.8) is 0 Å². The van der Waals surface area contributed by atoms with E-state index in [1.54, 1.807) is 7.05 Å². The van der Waals surface area contributed by atoms with Crippen molar-refractivity contribution in [1.29, 1.82) is 0 Å². The lowest BCUT2D eigenvalue weighted by Gasteiger charge is -2.38. The number of hydrogen-bond acceptors (Lipinski definition) is 3. The Hall–Kier alpha value is -1.07. The van der Waals surface area contributed by atoms with Crippen LogP contribution >= 0.6 is 24.0 Å². The molecule has 2 fully saturated rings. The zero-order valence-corrected chi connectivity index (χ0v) is 19.0. The minimum atomic E-state index is -4.15. The number of nitrogens with one attached hydrogen (secondary N) is 2. The Morgan fingerprint density at radius 2 is 1.93 bits per heavy atom. The van der Waals surface area contributed by atoms with Crippen molar-refractivity contribution in [3.8, 4) is 0 Å². The summed E-state index contributed by atoms with van der Waals surface area (Å²) in [6, 6.07) is 10.4. The molecule has 0 spiro atoms. The molecule has 2 saturated heterocycles. The normalized spacial score (nSPS) is 22.8. The minimum Gasteiger partial charge on any atom is -0.381 e. The van der Waals surface area contributed by atoms with Gasteiger partial charge in [-0.25, -0.2) is 0 Å². The van der Waals surface area contributed by atoms with Gasteiger partial charge in [0.2, 0.25) is 0 Å². The van der Waals surface area contributed by atoms with Crippen molar-refractivity contribution >= 4 is 29.9 Å². The summed E-state index contributed by atoms with van der Waals surface area (Å²) >= 11 is 0. The maximum absolute atomic E-state index is 12.6. The van der Waals surface area contributed by atoms with Crippen molar-refractivity contribution in [1.82, 2.24) is 15.5 Å². The van der Waals surface area contributed by atoms with Crippen LogP contribution in [0.5, 0.6) is 0 Å². The zero-order chi connectivity index (χ0) is 20.0. The molecule has 0 aliphatic carbocycles. The van der Waals surface area contributed by atoms with Gasteiger partial charge in [0, 0.05) is 51.4 Å². The summed E-state index contributed by atoms with van der Waals surface area (Å²) in [6.07, 6.45) is -1.64. The number of halogens is 4. The van der Waals surface area contributed by atoms with E-state index in [2.05, 4.69) is 27.8 Å². The fourth-order valence-electron chi connectivity index (χ4n) is 4.11. The van der Waals surface area contributed by atoms with E-state index in [1.807, 2.05) is 18.2 Å². The number of guanidine groups is 1. The summed E-state index contributed by atoms with van der Waals surface area (Å²) in [4.78, 5) is 5.72. The van der Waals surface area contributed by atoms with Gasteiger partial charge in [0.05, 0.1) is 6.54 Å². The standard InChI is InChI=1S/C20H29F3N4O.HI/c1-24-18(26-17-7-10-27(13-17)15-20(21,22)23)25-14-19(8-11-28-12-9-19)16-5-3-2-4-6-16;/h2-6,17H,7-15H2,1H3,(H2,24,25,26);1H. The van der Waals surface area contributed by atoms with Crippen LogP contribution < -0.4 is 10.6 Å². The van der Waals surface area contributed by atoms with Gasteiger partial charge >= 0.3 is 6.18 Å². The van der Waals surface area contributed by atoms with Crippen LogP contribution in [0.3, 0.4) is 0 Å². The zero-order valence-electron chi connectivity index (χ0n) is 16.7. The molecule has 1 aromatic carbocycles. The first-order valence-corrected chi connectivity index (χ1v) is 9.80. The SMILES string of the molecule is CN=C(NCC1(c2ccccc2)CCOCC1)NC1CCN(CC(F)(F)F)C1.I. The maximum atomic E-state index is 12.6. The average molecular weight is 526 g/mol. The molecule has 9 heteroatoms. The van der Waals surface area contributed by atoms with Crippen molar-refractivity contribution in [2.24, 2.45) is 4.99 Å². The van der Waals surface area contributed by atoms with Crippen LogP contribution in [0, 0.1) is 0 Å². The van der Waals surface area contributed by atoms with Gasteiger partial charge < -0.3 is 15.4 Å². The molecule has 1 aromatic rings. The molecule has 0 saturated carbocycles. The summed E-state index contributed by atoms with van der Waals surface area (Å²) < 4.78 is 43.3. The van der Waals surface area contributed by atoms with E-state index in [9.17, 15) is 13.2 Å². The lowest BCUT2D eigenvalue weighted by Crippen LogP contribution is -2.50. The van der Waals surface area contributed by atoms with Crippen LogP contribution in [0.15, 0.2) is 35.3 Å². The first kappa shape index (κ1) is 24.2. The third kappa shape index (κ3) is 6.99.